The number of hydrogen-bond donors (Lipinski definition) is 2. The second-order valence-corrected chi connectivity index (χ2v) is 4.62. The van der Waals surface area contributed by atoms with Crippen molar-refractivity contribution in [2.24, 2.45) is 0 Å². The van der Waals surface area contributed by atoms with Crippen molar-refractivity contribution in [1.82, 2.24) is 14.6 Å². The predicted octanol–water partition coefficient (Wildman–Crippen LogP) is 1.90. The summed E-state index contributed by atoms with van der Waals surface area (Å²) in [5.74, 6) is 0. The number of fused-ring (bicyclic) bond motifs is 1. The first kappa shape index (κ1) is 13.8. The molecule has 0 fully saturated rings. The van der Waals surface area contributed by atoms with Gasteiger partial charge in [0.25, 0.3) is 5.56 Å². The van der Waals surface area contributed by atoms with Gasteiger partial charge < -0.3 is 10.4 Å². The van der Waals surface area contributed by atoms with E-state index in [-0.39, 0.29) is 5.56 Å². The van der Waals surface area contributed by atoms with Gasteiger partial charge in [0, 0.05) is 0 Å². The van der Waals surface area contributed by atoms with E-state index >= 15 is 0 Å². The van der Waals surface area contributed by atoms with Crippen molar-refractivity contribution in [3.8, 4) is 0 Å². The van der Waals surface area contributed by atoms with Crippen molar-refractivity contribution in [3.63, 3.8) is 0 Å². The van der Waals surface area contributed by atoms with E-state index in [1.165, 1.54) is 4.68 Å². The molecule has 6 heteroatoms. The third-order valence-electron chi connectivity index (χ3n) is 3.15. The largest absolute Gasteiger partial charge is 0.330 e. The molecule has 0 atom stereocenters. The van der Waals surface area contributed by atoms with E-state index in [9.17, 15) is 4.79 Å². The SMILES string of the molecule is CCN(CC)CNn1c(=S)[nH]c2ccccc2c1=O. The highest BCUT2D eigenvalue weighted by atomic mass is 32.1. The maximum absolute atomic E-state index is 12.3. The van der Waals surface area contributed by atoms with E-state index in [1.54, 1.807) is 6.07 Å². The Labute approximate surface area is 116 Å². The van der Waals surface area contributed by atoms with Crippen LogP contribution in [0, 0.1) is 4.77 Å². The maximum Gasteiger partial charge on any atom is 0.280 e. The van der Waals surface area contributed by atoms with E-state index < -0.39 is 0 Å². The fourth-order valence-electron chi connectivity index (χ4n) is 1.92. The van der Waals surface area contributed by atoms with Crippen LogP contribution in [0.5, 0.6) is 0 Å². The zero-order valence-electron chi connectivity index (χ0n) is 11.1. The first-order chi connectivity index (χ1) is 9.17. The van der Waals surface area contributed by atoms with Crippen LogP contribution in [-0.4, -0.2) is 34.3 Å². The van der Waals surface area contributed by atoms with Crippen LogP contribution in [0.2, 0.25) is 0 Å². The van der Waals surface area contributed by atoms with E-state index in [1.807, 2.05) is 18.2 Å². The molecule has 0 bridgehead atoms. The summed E-state index contributed by atoms with van der Waals surface area (Å²) in [6, 6.07) is 7.36. The van der Waals surface area contributed by atoms with Crippen molar-refractivity contribution in [2.75, 3.05) is 25.2 Å². The fraction of sp³-hybridized carbons (Fsp3) is 0.385. The third-order valence-corrected chi connectivity index (χ3v) is 3.44. The Balaban J connectivity index is 2.38. The van der Waals surface area contributed by atoms with Gasteiger partial charge in [-0.05, 0) is 37.4 Å². The standard InChI is InChI=1S/C13H18N4OS/c1-3-16(4-2)9-14-17-12(18)10-7-5-6-8-11(10)15-13(17)19/h5-8,14H,3-4,9H2,1-2H3,(H,15,19). The minimum Gasteiger partial charge on any atom is -0.330 e. The number of para-hydroxylation sites is 1. The van der Waals surface area contributed by atoms with E-state index in [0.717, 1.165) is 18.6 Å². The summed E-state index contributed by atoms with van der Waals surface area (Å²) in [5.41, 5.74) is 3.71. The Morgan fingerprint density at radius 1 is 1.32 bits per heavy atom. The van der Waals surface area contributed by atoms with Gasteiger partial charge in [0.15, 0.2) is 4.77 Å². The Morgan fingerprint density at radius 2 is 2.00 bits per heavy atom. The highest BCUT2D eigenvalue weighted by molar-refractivity contribution is 7.71. The number of aromatic nitrogens is 2. The van der Waals surface area contributed by atoms with Gasteiger partial charge in [-0.1, -0.05) is 26.0 Å². The molecule has 0 saturated carbocycles. The maximum atomic E-state index is 12.3. The summed E-state index contributed by atoms with van der Waals surface area (Å²) in [6.07, 6.45) is 0. The molecular weight excluding hydrogens is 260 g/mol. The van der Waals surface area contributed by atoms with Crippen molar-refractivity contribution in [2.45, 2.75) is 13.8 Å². The summed E-state index contributed by atoms with van der Waals surface area (Å²) < 4.78 is 1.78. The molecule has 1 aromatic heterocycles. The summed E-state index contributed by atoms with van der Waals surface area (Å²) in [5, 5.41) is 0.628. The third kappa shape index (κ3) is 2.85. The van der Waals surface area contributed by atoms with Gasteiger partial charge in [0.1, 0.15) is 0 Å². The molecule has 0 spiro atoms. The number of benzene rings is 1. The molecule has 2 N–H and O–H groups in total. The van der Waals surface area contributed by atoms with Crippen LogP contribution in [0.25, 0.3) is 10.9 Å². The highest BCUT2D eigenvalue weighted by Gasteiger charge is 2.05. The molecule has 5 nitrogen and oxygen atoms in total. The van der Waals surface area contributed by atoms with Gasteiger partial charge in [0.05, 0.1) is 17.6 Å². The molecule has 2 rings (SSSR count). The molecular formula is C13H18N4OS. The topological polar surface area (TPSA) is 53.1 Å². The lowest BCUT2D eigenvalue weighted by Gasteiger charge is -2.20. The normalized spacial score (nSPS) is 11.1. The van der Waals surface area contributed by atoms with Crippen molar-refractivity contribution in [1.29, 1.82) is 0 Å². The molecule has 0 aliphatic rings. The molecule has 102 valence electrons. The Hall–Kier alpha value is -1.66. The molecule has 1 aromatic carbocycles. The highest BCUT2D eigenvalue weighted by Crippen LogP contribution is 2.05. The number of nitrogens with one attached hydrogen (secondary N) is 2. The summed E-state index contributed by atoms with van der Waals surface area (Å²) in [7, 11) is 0. The van der Waals surface area contributed by atoms with Crippen LogP contribution in [-0.2, 0) is 0 Å². The molecule has 2 aromatic rings. The zero-order chi connectivity index (χ0) is 13.8. The second kappa shape index (κ2) is 5.99. The van der Waals surface area contributed by atoms with Crippen molar-refractivity contribution in [3.05, 3.63) is 39.4 Å². The molecule has 1 heterocycles. The van der Waals surface area contributed by atoms with E-state index in [2.05, 4.69) is 29.2 Å². The molecule has 0 saturated heterocycles. The summed E-state index contributed by atoms with van der Waals surface area (Å²) in [6.45, 7) is 6.58. The van der Waals surface area contributed by atoms with Crippen molar-refractivity contribution < 1.29 is 0 Å². The number of hydrogen-bond acceptors (Lipinski definition) is 4. The first-order valence-corrected chi connectivity index (χ1v) is 6.78. The number of H-pyrrole nitrogens is 1. The van der Waals surface area contributed by atoms with Gasteiger partial charge in [-0.2, -0.15) is 4.68 Å². The lowest BCUT2D eigenvalue weighted by Crippen LogP contribution is -2.38. The molecule has 0 unspecified atom stereocenters. The van der Waals surface area contributed by atoms with Gasteiger partial charge in [0.2, 0.25) is 0 Å². The monoisotopic (exact) mass is 278 g/mol. The summed E-state index contributed by atoms with van der Waals surface area (Å²) in [4.78, 5) is 17.6. The lowest BCUT2D eigenvalue weighted by molar-refractivity contribution is 0.313. The minimum atomic E-state index is -0.119. The average Bonchev–Trinajstić information content (AvgIpc) is 2.43. The molecule has 0 aliphatic heterocycles. The quantitative estimate of drug-likeness (QED) is 0.648. The number of aromatic amines is 1. The molecule has 19 heavy (non-hydrogen) atoms. The average molecular weight is 278 g/mol. The Kier molecular flexibility index (Phi) is 4.34. The van der Waals surface area contributed by atoms with Gasteiger partial charge >= 0.3 is 0 Å². The lowest BCUT2D eigenvalue weighted by atomic mass is 10.2. The molecule has 0 radical (unpaired) electrons. The van der Waals surface area contributed by atoms with Crippen LogP contribution in [0.3, 0.4) is 0 Å². The van der Waals surface area contributed by atoms with Crippen molar-refractivity contribution >= 4 is 23.1 Å². The predicted molar refractivity (Wildman–Crippen MR) is 80.5 cm³/mol. The van der Waals surface area contributed by atoms with Crippen LogP contribution < -0.4 is 11.0 Å². The second-order valence-electron chi connectivity index (χ2n) is 4.24. The van der Waals surface area contributed by atoms with Gasteiger partial charge in [-0.25, -0.2) is 0 Å². The van der Waals surface area contributed by atoms with E-state index in [0.29, 0.717) is 16.8 Å². The smallest absolute Gasteiger partial charge is 0.280 e. The summed E-state index contributed by atoms with van der Waals surface area (Å²) >= 11 is 5.22. The number of rotatable bonds is 5. The molecule has 0 amide bonds. The van der Waals surface area contributed by atoms with E-state index in [4.69, 9.17) is 12.2 Å². The Morgan fingerprint density at radius 3 is 2.68 bits per heavy atom. The van der Waals surface area contributed by atoms with Gasteiger partial charge in [-0.3, -0.25) is 9.69 Å². The van der Waals surface area contributed by atoms with Crippen LogP contribution in [0.15, 0.2) is 29.1 Å². The van der Waals surface area contributed by atoms with Crippen LogP contribution in [0.1, 0.15) is 13.8 Å². The van der Waals surface area contributed by atoms with Gasteiger partial charge in [-0.15, -0.1) is 0 Å². The van der Waals surface area contributed by atoms with Crippen LogP contribution in [0.4, 0.5) is 0 Å². The number of nitrogens with zero attached hydrogens (tertiary/aromatic N) is 2. The molecule has 0 aliphatic carbocycles. The van der Waals surface area contributed by atoms with Crippen LogP contribution >= 0.6 is 12.2 Å². The minimum absolute atomic E-state index is 0.119. The first-order valence-electron chi connectivity index (χ1n) is 6.37. The Bertz CT molecular complexity index is 672. The fourth-order valence-corrected chi connectivity index (χ4v) is 2.18. The zero-order valence-corrected chi connectivity index (χ0v) is 12.0.